The average Bonchev–Trinajstić information content (AvgIpc) is 2.56. The number of carbonyl (C=O) groups is 1. The number of ketones is 1. The fraction of sp³-hybridized carbons (Fsp3) is 0.353. The van der Waals surface area contributed by atoms with Gasteiger partial charge in [-0.2, -0.15) is 0 Å². The standard InChI is InChI=1S/C17H15BrFNO2S/c18-10-6-9(3-4-11(10)19)15-16-13(7-22-8-14(16)21)20-12-2-1-5-23-17(12)15/h3-4,6,15,20H,1-2,5,7-8H2. The monoisotopic (exact) mass is 395 g/mol. The fourth-order valence-electron chi connectivity index (χ4n) is 3.35. The average molecular weight is 396 g/mol. The summed E-state index contributed by atoms with van der Waals surface area (Å²) in [6.45, 7) is 0.550. The van der Waals surface area contributed by atoms with Gasteiger partial charge in [-0.15, -0.1) is 11.8 Å². The Labute approximate surface area is 146 Å². The van der Waals surface area contributed by atoms with Crippen molar-refractivity contribution in [2.75, 3.05) is 19.0 Å². The van der Waals surface area contributed by atoms with E-state index in [1.165, 1.54) is 16.7 Å². The maximum atomic E-state index is 13.6. The minimum atomic E-state index is -0.291. The molecule has 3 aliphatic heterocycles. The summed E-state index contributed by atoms with van der Waals surface area (Å²) in [5, 5.41) is 3.42. The van der Waals surface area contributed by atoms with Gasteiger partial charge < -0.3 is 10.1 Å². The molecule has 3 aliphatic rings. The molecule has 0 aliphatic carbocycles. The summed E-state index contributed by atoms with van der Waals surface area (Å²) in [5.74, 6) is 0.662. The molecule has 120 valence electrons. The van der Waals surface area contributed by atoms with Gasteiger partial charge in [0.25, 0.3) is 0 Å². The third-order valence-electron chi connectivity index (χ3n) is 4.36. The van der Waals surface area contributed by atoms with Crippen LogP contribution in [0, 0.1) is 5.82 Å². The van der Waals surface area contributed by atoms with Gasteiger partial charge in [0.15, 0.2) is 5.78 Å². The van der Waals surface area contributed by atoms with Crippen LogP contribution < -0.4 is 5.32 Å². The van der Waals surface area contributed by atoms with E-state index in [0.29, 0.717) is 11.1 Å². The highest BCUT2D eigenvalue weighted by atomic mass is 79.9. The number of hydrogen-bond acceptors (Lipinski definition) is 4. The Balaban J connectivity index is 1.87. The highest BCUT2D eigenvalue weighted by Gasteiger charge is 2.38. The number of nitrogens with one attached hydrogen (secondary N) is 1. The summed E-state index contributed by atoms with van der Waals surface area (Å²) >= 11 is 5.06. The minimum Gasteiger partial charge on any atom is -0.367 e. The quantitative estimate of drug-likeness (QED) is 0.783. The number of Topliss-reactive ketones (excluding diaryl/α,β-unsaturated/α-hetero) is 1. The summed E-state index contributed by atoms with van der Waals surface area (Å²) in [4.78, 5) is 13.7. The van der Waals surface area contributed by atoms with Gasteiger partial charge >= 0.3 is 0 Å². The van der Waals surface area contributed by atoms with Gasteiger partial charge in [-0.3, -0.25) is 4.79 Å². The van der Waals surface area contributed by atoms with Crippen molar-refractivity contribution in [1.82, 2.24) is 5.32 Å². The van der Waals surface area contributed by atoms with E-state index in [9.17, 15) is 9.18 Å². The van der Waals surface area contributed by atoms with E-state index in [-0.39, 0.29) is 24.1 Å². The SMILES string of the molecule is O=C1COCC2=C1C(c1ccc(F)c(Br)c1)C1=C(CCCS1)N2. The number of allylic oxidation sites excluding steroid dienone is 2. The molecule has 0 aromatic heterocycles. The lowest BCUT2D eigenvalue weighted by Crippen LogP contribution is -2.37. The number of rotatable bonds is 1. The zero-order chi connectivity index (χ0) is 16.0. The highest BCUT2D eigenvalue weighted by Crippen LogP contribution is 2.48. The molecule has 0 saturated carbocycles. The molecule has 1 aromatic rings. The van der Waals surface area contributed by atoms with Crippen molar-refractivity contribution in [2.45, 2.75) is 18.8 Å². The Hall–Kier alpha value is -1.11. The second-order valence-corrected chi connectivity index (χ2v) is 7.83. The molecule has 3 heterocycles. The van der Waals surface area contributed by atoms with Crippen molar-refractivity contribution in [1.29, 1.82) is 0 Å². The van der Waals surface area contributed by atoms with Crippen molar-refractivity contribution in [2.24, 2.45) is 0 Å². The topological polar surface area (TPSA) is 38.3 Å². The molecule has 23 heavy (non-hydrogen) atoms. The van der Waals surface area contributed by atoms with Crippen molar-refractivity contribution in [3.05, 3.63) is 55.9 Å². The fourth-order valence-corrected chi connectivity index (χ4v) is 5.01. The number of halogens is 2. The molecule has 1 atom stereocenters. The molecule has 1 aromatic carbocycles. The number of hydrogen-bond donors (Lipinski definition) is 1. The number of thioether (sulfide) groups is 1. The molecule has 3 nitrogen and oxygen atoms in total. The van der Waals surface area contributed by atoms with E-state index >= 15 is 0 Å². The van der Waals surface area contributed by atoms with Crippen LogP contribution in [0.2, 0.25) is 0 Å². The number of dihydropyridines is 1. The molecule has 1 N–H and O–H groups in total. The molecular formula is C17H15BrFNO2S. The van der Waals surface area contributed by atoms with Gasteiger partial charge in [-0.05, 0) is 52.2 Å². The van der Waals surface area contributed by atoms with Crippen molar-refractivity contribution in [3.8, 4) is 0 Å². The Morgan fingerprint density at radius 2 is 2.17 bits per heavy atom. The van der Waals surface area contributed by atoms with Crippen molar-refractivity contribution >= 4 is 33.5 Å². The Kier molecular flexibility index (Phi) is 4.07. The molecule has 0 fully saturated rings. The van der Waals surface area contributed by atoms with Crippen LogP contribution in [0.15, 0.2) is 44.5 Å². The smallest absolute Gasteiger partial charge is 0.187 e. The first-order chi connectivity index (χ1) is 11.1. The lowest BCUT2D eigenvalue weighted by molar-refractivity contribution is -0.121. The molecule has 0 saturated heterocycles. The molecule has 0 radical (unpaired) electrons. The molecule has 0 spiro atoms. The van der Waals surface area contributed by atoms with Crippen LogP contribution in [0.1, 0.15) is 24.3 Å². The van der Waals surface area contributed by atoms with Crippen LogP contribution in [-0.4, -0.2) is 24.7 Å². The summed E-state index contributed by atoms with van der Waals surface area (Å²) in [6, 6.07) is 5.03. The maximum Gasteiger partial charge on any atom is 0.187 e. The van der Waals surface area contributed by atoms with E-state index in [4.69, 9.17) is 4.74 Å². The van der Waals surface area contributed by atoms with Crippen molar-refractivity contribution < 1.29 is 13.9 Å². The number of ether oxygens (including phenoxy) is 1. The van der Waals surface area contributed by atoms with Crippen LogP contribution in [0.4, 0.5) is 4.39 Å². The lowest BCUT2D eigenvalue weighted by Gasteiger charge is -2.37. The van der Waals surface area contributed by atoms with Gasteiger partial charge in [-0.1, -0.05) is 6.07 Å². The largest absolute Gasteiger partial charge is 0.367 e. The van der Waals surface area contributed by atoms with E-state index in [2.05, 4.69) is 21.2 Å². The lowest BCUT2D eigenvalue weighted by atomic mass is 9.83. The van der Waals surface area contributed by atoms with E-state index < -0.39 is 0 Å². The third-order valence-corrected chi connectivity index (χ3v) is 6.25. The summed E-state index contributed by atoms with van der Waals surface area (Å²) < 4.78 is 19.5. The molecule has 1 unspecified atom stereocenters. The first kappa shape index (κ1) is 15.4. The van der Waals surface area contributed by atoms with Gasteiger partial charge in [-0.25, -0.2) is 4.39 Å². The second kappa shape index (κ2) is 6.07. The molecular weight excluding hydrogens is 381 g/mol. The maximum absolute atomic E-state index is 13.6. The minimum absolute atomic E-state index is 0.0157. The summed E-state index contributed by atoms with van der Waals surface area (Å²) in [7, 11) is 0. The first-order valence-corrected chi connectivity index (χ1v) is 9.35. The number of benzene rings is 1. The third kappa shape index (κ3) is 2.66. The van der Waals surface area contributed by atoms with Crippen molar-refractivity contribution in [3.63, 3.8) is 0 Å². The van der Waals surface area contributed by atoms with Gasteiger partial charge in [0.2, 0.25) is 0 Å². The first-order valence-electron chi connectivity index (χ1n) is 7.57. The van der Waals surface area contributed by atoms with Crippen LogP contribution in [0.5, 0.6) is 0 Å². The predicted octanol–water partition coefficient (Wildman–Crippen LogP) is 3.87. The zero-order valence-electron chi connectivity index (χ0n) is 12.3. The second-order valence-electron chi connectivity index (χ2n) is 5.83. The van der Waals surface area contributed by atoms with Gasteiger partial charge in [0, 0.05) is 27.8 Å². The molecule has 0 amide bonds. The van der Waals surface area contributed by atoms with Gasteiger partial charge in [0.05, 0.1) is 11.1 Å². The molecule has 6 heteroatoms. The Bertz CT molecular complexity index is 759. The zero-order valence-corrected chi connectivity index (χ0v) is 14.7. The van der Waals surface area contributed by atoms with E-state index in [0.717, 1.165) is 35.4 Å². The van der Waals surface area contributed by atoms with E-state index in [1.807, 2.05) is 0 Å². The highest BCUT2D eigenvalue weighted by molar-refractivity contribution is 9.10. The summed E-state index contributed by atoms with van der Waals surface area (Å²) in [5.41, 5.74) is 3.78. The van der Waals surface area contributed by atoms with Gasteiger partial charge in [0.1, 0.15) is 12.4 Å². The molecule has 0 bridgehead atoms. The van der Waals surface area contributed by atoms with Crippen LogP contribution >= 0.6 is 27.7 Å². The normalized spacial score (nSPS) is 24.3. The number of carbonyl (C=O) groups excluding carboxylic acids is 1. The molecule has 4 rings (SSSR count). The predicted molar refractivity (Wildman–Crippen MR) is 91.5 cm³/mol. The Morgan fingerprint density at radius 1 is 1.30 bits per heavy atom. The van der Waals surface area contributed by atoms with Crippen LogP contribution in [-0.2, 0) is 9.53 Å². The van der Waals surface area contributed by atoms with E-state index in [1.54, 1.807) is 23.9 Å². The van der Waals surface area contributed by atoms with Crippen LogP contribution in [0.3, 0.4) is 0 Å². The Morgan fingerprint density at radius 3 is 3.00 bits per heavy atom. The van der Waals surface area contributed by atoms with Crippen LogP contribution in [0.25, 0.3) is 0 Å². The summed E-state index contributed by atoms with van der Waals surface area (Å²) in [6.07, 6.45) is 2.10.